The maximum Gasteiger partial charge on any atom is 0.169 e. The number of ether oxygens (including phenoxy) is 1. The lowest BCUT2D eigenvalue weighted by Gasteiger charge is -2.32. The molecule has 1 saturated heterocycles. The van der Waals surface area contributed by atoms with Gasteiger partial charge in [0.15, 0.2) is 11.2 Å². The van der Waals surface area contributed by atoms with E-state index in [1.165, 1.54) is 0 Å². The van der Waals surface area contributed by atoms with Gasteiger partial charge in [0, 0.05) is 13.1 Å². The van der Waals surface area contributed by atoms with Crippen molar-refractivity contribution in [1.82, 2.24) is 10.2 Å². The highest BCUT2D eigenvalue weighted by Gasteiger charge is 2.21. The van der Waals surface area contributed by atoms with Crippen LogP contribution in [0, 0.1) is 17.2 Å². The van der Waals surface area contributed by atoms with Gasteiger partial charge < -0.3 is 15.0 Å². The molecule has 15 heavy (non-hydrogen) atoms. The Balaban J connectivity index is 2.36. The van der Waals surface area contributed by atoms with Crippen molar-refractivity contribution in [2.45, 2.75) is 20.0 Å². The molecule has 1 atom stereocenters. The van der Waals surface area contributed by atoms with Crippen LogP contribution in [0.1, 0.15) is 13.8 Å². The van der Waals surface area contributed by atoms with Gasteiger partial charge in [0.1, 0.15) is 0 Å². The summed E-state index contributed by atoms with van der Waals surface area (Å²) >= 11 is 5.24. The zero-order chi connectivity index (χ0) is 11.3. The molecular weight excluding hydrogens is 210 g/mol. The Morgan fingerprint density at radius 1 is 1.73 bits per heavy atom. The van der Waals surface area contributed by atoms with Crippen LogP contribution in [0.2, 0.25) is 0 Å². The third-order valence-electron chi connectivity index (χ3n) is 2.16. The predicted molar refractivity (Wildman–Crippen MR) is 62.4 cm³/mol. The van der Waals surface area contributed by atoms with Crippen molar-refractivity contribution < 1.29 is 4.74 Å². The molecule has 1 N–H and O–H groups in total. The van der Waals surface area contributed by atoms with Crippen LogP contribution in [0.25, 0.3) is 0 Å². The molecule has 1 rings (SSSR count). The minimum absolute atomic E-state index is 0.349. The number of rotatable bonds is 2. The molecule has 0 aromatic rings. The highest BCUT2D eigenvalue weighted by Crippen LogP contribution is 2.04. The molecule has 0 amide bonds. The van der Waals surface area contributed by atoms with E-state index in [1.807, 2.05) is 4.90 Å². The first-order valence-electron chi connectivity index (χ1n) is 5.17. The molecule has 1 heterocycles. The summed E-state index contributed by atoms with van der Waals surface area (Å²) in [5.74, 6) is 0.566. The van der Waals surface area contributed by atoms with E-state index in [-0.39, 0.29) is 6.10 Å². The lowest BCUT2D eigenvalue weighted by atomic mass is 10.2. The number of nitrogens with zero attached hydrogens (tertiary/aromatic N) is 2. The number of morpholine rings is 1. The zero-order valence-corrected chi connectivity index (χ0v) is 10.0. The quantitative estimate of drug-likeness (QED) is 0.705. The average molecular weight is 227 g/mol. The maximum absolute atomic E-state index is 8.74. The molecule has 0 saturated carbocycles. The Morgan fingerprint density at radius 2 is 2.47 bits per heavy atom. The molecule has 1 unspecified atom stereocenters. The Morgan fingerprint density at radius 3 is 3.07 bits per heavy atom. The minimum atomic E-state index is -0.349. The summed E-state index contributed by atoms with van der Waals surface area (Å²) in [7, 11) is 0. The molecule has 4 nitrogen and oxygen atoms in total. The standard InChI is InChI=1S/C10H17N3OS/c1-8(2)6-12-10(15)13-3-4-14-9(5-11)7-13/h8-9H,3-4,6-7H2,1-2H3,(H,12,15). The van der Waals surface area contributed by atoms with Gasteiger partial charge in [-0.25, -0.2) is 0 Å². The van der Waals surface area contributed by atoms with E-state index < -0.39 is 0 Å². The fourth-order valence-corrected chi connectivity index (χ4v) is 1.56. The van der Waals surface area contributed by atoms with E-state index in [1.54, 1.807) is 0 Å². The van der Waals surface area contributed by atoms with Crippen LogP contribution in [0.4, 0.5) is 0 Å². The van der Waals surface area contributed by atoms with Crippen molar-refractivity contribution in [2.24, 2.45) is 5.92 Å². The summed E-state index contributed by atoms with van der Waals surface area (Å²) < 4.78 is 5.24. The van der Waals surface area contributed by atoms with Crippen molar-refractivity contribution in [2.75, 3.05) is 26.2 Å². The van der Waals surface area contributed by atoms with Crippen molar-refractivity contribution >= 4 is 17.3 Å². The van der Waals surface area contributed by atoms with Crippen LogP contribution in [0.15, 0.2) is 0 Å². The molecule has 0 aliphatic carbocycles. The van der Waals surface area contributed by atoms with Gasteiger partial charge >= 0.3 is 0 Å². The van der Waals surface area contributed by atoms with Crippen LogP contribution in [-0.2, 0) is 4.74 Å². The molecule has 0 spiro atoms. The zero-order valence-electron chi connectivity index (χ0n) is 9.19. The van der Waals surface area contributed by atoms with E-state index in [0.717, 1.165) is 18.2 Å². The fraction of sp³-hybridized carbons (Fsp3) is 0.800. The van der Waals surface area contributed by atoms with E-state index in [0.29, 0.717) is 19.1 Å². The highest BCUT2D eigenvalue weighted by molar-refractivity contribution is 7.80. The average Bonchev–Trinajstić information content (AvgIpc) is 2.26. The second-order valence-corrected chi connectivity index (χ2v) is 4.40. The molecule has 0 aromatic carbocycles. The van der Waals surface area contributed by atoms with E-state index in [4.69, 9.17) is 22.2 Å². The monoisotopic (exact) mass is 227 g/mol. The normalized spacial score (nSPS) is 21.2. The summed E-state index contributed by atoms with van der Waals surface area (Å²) in [5.41, 5.74) is 0. The van der Waals surface area contributed by atoms with E-state index in [2.05, 4.69) is 25.2 Å². The summed E-state index contributed by atoms with van der Waals surface area (Å²) in [6.07, 6.45) is -0.349. The Labute approximate surface area is 96.2 Å². The first kappa shape index (κ1) is 12.2. The van der Waals surface area contributed by atoms with Gasteiger partial charge in [0.2, 0.25) is 0 Å². The van der Waals surface area contributed by atoms with Crippen LogP contribution in [0.3, 0.4) is 0 Å². The largest absolute Gasteiger partial charge is 0.362 e. The molecule has 0 aromatic heterocycles. The van der Waals surface area contributed by atoms with E-state index >= 15 is 0 Å². The van der Waals surface area contributed by atoms with Crippen molar-refractivity contribution in [3.05, 3.63) is 0 Å². The van der Waals surface area contributed by atoms with Crippen molar-refractivity contribution in [3.8, 4) is 6.07 Å². The third kappa shape index (κ3) is 4.02. The SMILES string of the molecule is CC(C)CNC(=S)N1CCOC(C#N)C1. The topological polar surface area (TPSA) is 48.3 Å². The van der Waals surface area contributed by atoms with Gasteiger partial charge in [0.05, 0.1) is 19.2 Å². The van der Waals surface area contributed by atoms with Crippen LogP contribution >= 0.6 is 12.2 Å². The molecule has 1 fully saturated rings. The second-order valence-electron chi connectivity index (χ2n) is 4.01. The van der Waals surface area contributed by atoms with Gasteiger partial charge in [-0.3, -0.25) is 0 Å². The van der Waals surface area contributed by atoms with E-state index in [9.17, 15) is 0 Å². The summed E-state index contributed by atoms with van der Waals surface area (Å²) in [4.78, 5) is 2.00. The summed E-state index contributed by atoms with van der Waals surface area (Å²) in [5, 5.41) is 12.7. The Kier molecular flexibility index (Phi) is 4.79. The smallest absolute Gasteiger partial charge is 0.169 e. The van der Waals surface area contributed by atoms with Crippen LogP contribution in [0.5, 0.6) is 0 Å². The molecule has 0 radical (unpaired) electrons. The summed E-state index contributed by atoms with van der Waals surface area (Å²) in [6.45, 7) is 7.04. The van der Waals surface area contributed by atoms with Gasteiger partial charge in [-0.2, -0.15) is 5.26 Å². The second kappa shape index (κ2) is 5.89. The molecule has 1 aliphatic rings. The third-order valence-corrected chi connectivity index (χ3v) is 2.56. The van der Waals surface area contributed by atoms with Crippen molar-refractivity contribution in [3.63, 3.8) is 0 Å². The van der Waals surface area contributed by atoms with Crippen LogP contribution in [-0.4, -0.2) is 42.4 Å². The highest BCUT2D eigenvalue weighted by atomic mass is 32.1. The fourth-order valence-electron chi connectivity index (χ4n) is 1.32. The molecule has 1 aliphatic heterocycles. The Hall–Kier alpha value is -0.860. The predicted octanol–water partition coefficient (Wildman–Crippen LogP) is 0.741. The first-order chi connectivity index (χ1) is 7.13. The number of thiocarbonyl (C=S) groups is 1. The van der Waals surface area contributed by atoms with Gasteiger partial charge in [-0.05, 0) is 18.1 Å². The lowest BCUT2D eigenvalue weighted by molar-refractivity contribution is 0.0262. The number of hydrogen-bond donors (Lipinski definition) is 1. The lowest BCUT2D eigenvalue weighted by Crippen LogP contribution is -2.49. The minimum Gasteiger partial charge on any atom is -0.362 e. The van der Waals surface area contributed by atoms with Gasteiger partial charge in [0.25, 0.3) is 0 Å². The van der Waals surface area contributed by atoms with Crippen LogP contribution < -0.4 is 5.32 Å². The number of nitrogens with one attached hydrogen (secondary N) is 1. The van der Waals surface area contributed by atoms with Crippen molar-refractivity contribution in [1.29, 1.82) is 5.26 Å². The number of nitriles is 1. The maximum atomic E-state index is 8.74. The van der Waals surface area contributed by atoms with Gasteiger partial charge in [-0.1, -0.05) is 13.8 Å². The molecule has 0 bridgehead atoms. The molecule has 84 valence electrons. The summed E-state index contributed by atoms with van der Waals surface area (Å²) in [6, 6.07) is 2.10. The number of hydrogen-bond acceptors (Lipinski definition) is 3. The molecule has 5 heteroatoms. The first-order valence-corrected chi connectivity index (χ1v) is 5.58. The Bertz CT molecular complexity index is 262. The van der Waals surface area contributed by atoms with Gasteiger partial charge in [-0.15, -0.1) is 0 Å². The molecular formula is C10H17N3OS.